The van der Waals surface area contributed by atoms with Crippen LogP contribution in [0.3, 0.4) is 0 Å². The van der Waals surface area contributed by atoms with Gasteiger partial charge in [0.25, 0.3) is 0 Å². The van der Waals surface area contributed by atoms with E-state index in [0.29, 0.717) is 19.0 Å². The van der Waals surface area contributed by atoms with Crippen molar-refractivity contribution in [2.24, 2.45) is 0 Å². The third-order valence-corrected chi connectivity index (χ3v) is 5.33. The van der Waals surface area contributed by atoms with Crippen LogP contribution in [0.5, 0.6) is 11.5 Å². The first kappa shape index (κ1) is 21.9. The van der Waals surface area contributed by atoms with Gasteiger partial charge < -0.3 is 18.8 Å². The van der Waals surface area contributed by atoms with Gasteiger partial charge >= 0.3 is 6.09 Å². The number of rotatable bonds is 4. The average molecular weight is 435 g/mol. The molecule has 2 aromatic carbocycles. The molecule has 0 aliphatic carbocycles. The van der Waals surface area contributed by atoms with Gasteiger partial charge in [0, 0.05) is 18.7 Å². The van der Waals surface area contributed by atoms with Crippen LogP contribution in [0, 0.1) is 6.92 Å². The van der Waals surface area contributed by atoms with Gasteiger partial charge in [-0.2, -0.15) is 0 Å². The molecule has 1 amide bonds. The molecule has 1 unspecified atom stereocenters. The van der Waals surface area contributed by atoms with Gasteiger partial charge in [0.1, 0.15) is 17.1 Å². The minimum atomic E-state index is -0.507. The summed E-state index contributed by atoms with van der Waals surface area (Å²) < 4.78 is 17.6. The minimum Gasteiger partial charge on any atom is -0.457 e. The normalized spacial score (nSPS) is 16.6. The summed E-state index contributed by atoms with van der Waals surface area (Å²) in [4.78, 5) is 18.9. The maximum absolute atomic E-state index is 12.5. The molecule has 2 heterocycles. The van der Waals surface area contributed by atoms with Gasteiger partial charge in [0.2, 0.25) is 0 Å². The molecule has 1 aliphatic rings. The first-order valence-corrected chi connectivity index (χ1v) is 11.1. The third-order valence-electron chi connectivity index (χ3n) is 5.33. The van der Waals surface area contributed by atoms with Gasteiger partial charge in [-0.25, -0.2) is 9.78 Å². The Kier molecular flexibility index (Phi) is 6.21. The molecule has 1 fully saturated rings. The van der Waals surface area contributed by atoms with Crippen LogP contribution in [-0.4, -0.2) is 34.7 Å². The SMILES string of the molecule is Cc1nc(C2CCCN(C(=O)OC(C)(C)C)C2)oc1-c1ccc(Oc2ccccc2)cc1. The second kappa shape index (κ2) is 9.07. The Morgan fingerprint density at radius 1 is 1.06 bits per heavy atom. The topological polar surface area (TPSA) is 64.8 Å². The van der Waals surface area contributed by atoms with Crippen LogP contribution in [0.25, 0.3) is 11.3 Å². The van der Waals surface area contributed by atoms with Gasteiger partial charge in [-0.05, 0) is 76.9 Å². The molecule has 4 rings (SSSR count). The molecule has 0 spiro atoms. The molecule has 0 radical (unpaired) electrons. The summed E-state index contributed by atoms with van der Waals surface area (Å²) in [7, 11) is 0. The Labute approximate surface area is 189 Å². The number of hydrogen-bond acceptors (Lipinski definition) is 5. The largest absolute Gasteiger partial charge is 0.457 e. The van der Waals surface area contributed by atoms with Crippen LogP contribution in [0.1, 0.15) is 51.1 Å². The van der Waals surface area contributed by atoms with Crippen LogP contribution in [0.15, 0.2) is 59.0 Å². The number of oxazole rings is 1. The van der Waals surface area contributed by atoms with Crippen LogP contribution in [-0.2, 0) is 4.74 Å². The summed E-state index contributed by atoms with van der Waals surface area (Å²) in [6.07, 6.45) is 1.55. The molecule has 3 aromatic rings. The van der Waals surface area contributed by atoms with Gasteiger partial charge in [-0.1, -0.05) is 18.2 Å². The van der Waals surface area contributed by atoms with E-state index in [1.54, 1.807) is 4.90 Å². The lowest BCUT2D eigenvalue weighted by Gasteiger charge is -2.33. The summed E-state index contributed by atoms with van der Waals surface area (Å²) in [6, 6.07) is 17.5. The Morgan fingerprint density at radius 3 is 2.44 bits per heavy atom. The van der Waals surface area contributed by atoms with Gasteiger partial charge in [-0.3, -0.25) is 0 Å². The number of piperidine rings is 1. The highest BCUT2D eigenvalue weighted by Crippen LogP contribution is 2.33. The van der Waals surface area contributed by atoms with Crippen molar-refractivity contribution in [1.82, 2.24) is 9.88 Å². The van der Waals surface area contributed by atoms with E-state index in [1.165, 1.54) is 0 Å². The fourth-order valence-electron chi connectivity index (χ4n) is 3.83. The highest BCUT2D eigenvalue weighted by molar-refractivity contribution is 5.68. The maximum atomic E-state index is 12.5. The van der Waals surface area contributed by atoms with Crippen molar-refractivity contribution >= 4 is 6.09 Å². The predicted octanol–water partition coefficient (Wildman–Crippen LogP) is 6.56. The number of benzene rings is 2. The maximum Gasteiger partial charge on any atom is 0.410 e. The molecule has 0 bridgehead atoms. The summed E-state index contributed by atoms with van der Waals surface area (Å²) in [5, 5.41) is 0. The van der Waals surface area contributed by atoms with Crippen molar-refractivity contribution in [1.29, 1.82) is 0 Å². The molecule has 168 valence electrons. The Hall–Kier alpha value is -3.28. The van der Waals surface area contributed by atoms with Crippen LogP contribution in [0.2, 0.25) is 0 Å². The lowest BCUT2D eigenvalue weighted by molar-refractivity contribution is 0.0191. The van der Waals surface area contributed by atoms with Gasteiger partial charge in [0.15, 0.2) is 11.7 Å². The number of ether oxygens (including phenoxy) is 2. The van der Waals surface area contributed by atoms with E-state index in [9.17, 15) is 4.79 Å². The molecule has 0 N–H and O–H groups in total. The lowest BCUT2D eigenvalue weighted by Crippen LogP contribution is -2.42. The number of para-hydroxylation sites is 1. The Morgan fingerprint density at radius 2 is 1.75 bits per heavy atom. The summed E-state index contributed by atoms with van der Waals surface area (Å²) >= 11 is 0. The second-order valence-corrected chi connectivity index (χ2v) is 9.17. The van der Waals surface area contributed by atoms with E-state index >= 15 is 0 Å². The Balaban J connectivity index is 1.46. The number of likely N-dealkylation sites (tertiary alicyclic amines) is 1. The monoisotopic (exact) mass is 434 g/mol. The molecular formula is C26H30N2O4. The van der Waals surface area contributed by atoms with E-state index in [0.717, 1.165) is 41.4 Å². The molecule has 6 nitrogen and oxygen atoms in total. The van der Waals surface area contributed by atoms with Gasteiger partial charge in [-0.15, -0.1) is 0 Å². The quantitative estimate of drug-likeness (QED) is 0.465. The third kappa shape index (κ3) is 5.31. The molecule has 0 saturated carbocycles. The van der Waals surface area contributed by atoms with Crippen molar-refractivity contribution < 1.29 is 18.7 Å². The van der Waals surface area contributed by atoms with Crippen LogP contribution in [0.4, 0.5) is 4.79 Å². The lowest BCUT2D eigenvalue weighted by atomic mass is 9.98. The Bertz CT molecular complexity index is 1050. The number of carbonyl (C=O) groups excluding carboxylic acids is 1. The molecule has 1 aromatic heterocycles. The molecular weight excluding hydrogens is 404 g/mol. The fraction of sp³-hybridized carbons (Fsp3) is 0.385. The zero-order valence-electron chi connectivity index (χ0n) is 19.1. The van der Waals surface area contributed by atoms with Crippen molar-refractivity contribution in [3.05, 3.63) is 66.2 Å². The number of aromatic nitrogens is 1. The number of aryl methyl sites for hydroxylation is 1. The van der Waals surface area contributed by atoms with Crippen molar-refractivity contribution in [2.45, 2.75) is 52.1 Å². The molecule has 32 heavy (non-hydrogen) atoms. The summed E-state index contributed by atoms with van der Waals surface area (Å²) in [5.41, 5.74) is 1.28. The molecule has 1 saturated heterocycles. The molecule has 1 atom stereocenters. The van der Waals surface area contributed by atoms with Crippen molar-refractivity contribution in [3.8, 4) is 22.8 Å². The van der Waals surface area contributed by atoms with Gasteiger partial charge in [0.05, 0.1) is 11.6 Å². The fourth-order valence-corrected chi connectivity index (χ4v) is 3.83. The van der Waals surface area contributed by atoms with Crippen molar-refractivity contribution in [2.75, 3.05) is 13.1 Å². The first-order valence-electron chi connectivity index (χ1n) is 11.1. The number of nitrogens with zero attached hydrogens (tertiary/aromatic N) is 2. The summed E-state index contributed by atoms with van der Waals surface area (Å²) in [5.74, 6) is 3.04. The minimum absolute atomic E-state index is 0.0596. The average Bonchev–Trinajstić information content (AvgIpc) is 3.16. The number of carbonyl (C=O) groups is 1. The van der Waals surface area contributed by atoms with E-state index in [2.05, 4.69) is 0 Å². The second-order valence-electron chi connectivity index (χ2n) is 9.17. The highest BCUT2D eigenvalue weighted by Gasteiger charge is 2.31. The van der Waals surface area contributed by atoms with Crippen LogP contribution < -0.4 is 4.74 Å². The summed E-state index contributed by atoms with van der Waals surface area (Å²) in [6.45, 7) is 8.84. The first-order chi connectivity index (χ1) is 15.3. The number of hydrogen-bond donors (Lipinski definition) is 0. The molecule has 6 heteroatoms. The van der Waals surface area contributed by atoms with E-state index < -0.39 is 5.60 Å². The zero-order valence-corrected chi connectivity index (χ0v) is 19.1. The predicted molar refractivity (Wildman–Crippen MR) is 123 cm³/mol. The number of amides is 1. The van der Waals surface area contributed by atoms with E-state index in [1.807, 2.05) is 82.3 Å². The highest BCUT2D eigenvalue weighted by atomic mass is 16.6. The van der Waals surface area contributed by atoms with Crippen LogP contribution >= 0.6 is 0 Å². The zero-order chi connectivity index (χ0) is 22.7. The van der Waals surface area contributed by atoms with Crippen molar-refractivity contribution in [3.63, 3.8) is 0 Å². The standard InChI is InChI=1S/C26H30N2O4/c1-18-23(19-12-14-22(15-13-19)30-21-10-6-5-7-11-21)31-24(27-18)20-9-8-16-28(17-20)25(29)32-26(2,3)4/h5-7,10-15,20H,8-9,16-17H2,1-4H3. The van der Waals surface area contributed by atoms with E-state index in [4.69, 9.17) is 18.9 Å². The van der Waals surface area contributed by atoms with E-state index in [-0.39, 0.29) is 12.0 Å². The molecule has 1 aliphatic heterocycles. The smallest absolute Gasteiger partial charge is 0.410 e.